The quantitative estimate of drug-likeness (QED) is 0.669. The highest BCUT2D eigenvalue weighted by Gasteiger charge is 2.12. The molecule has 2 aromatic carbocycles. The Labute approximate surface area is 161 Å². The lowest BCUT2D eigenvalue weighted by atomic mass is 10.0. The molecule has 3 aromatic rings. The van der Waals surface area contributed by atoms with Crippen molar-refractivity contribution in [1.82, 2.24) is 4.57 Å². The monoisotopic (exact) mass is 412 g/mol. The zero-order valence-corrected chi connectivity index (χ0v) is 16.5. The van der Waals surface area contributed by atoms with Crippen molar-refractivity contribution in [2.24, 2.45) is 0 Å². The van der Waals surface area contributed by atoms with Crippen LogP contribution in [0.4, 0.5) is 5.69 Å². The van der Waals surface area contributed by atoms with Gasteiger partial charge in [0.1, 0.15) is 6.54 Å². The van der Waals surface area contributed by atoms with Gasteiger partial charge in [0.15, 0.2) is 5.43 Å². The van der Waals surface area contributed by atoms with Gasteiger partial charge in [-0.1, -0.05) is 48.0 Å². The topological polar surface area (TPSA) is 51.1 Å². The first kappa shape index (κ1) is 18.4. The number of para-hydroxylation sites is 1. The largest absolute Gasteiger partial charge is 0.338 e. The maximum Gasteiger partial charge on any atom is 0.244 e. The van der Waals surface area contributed by atoms with Gasteiger partial charge in [-0.25, -0.2) is 0 Å². The highest BCUT2D eigenvalue weighted by Crippen LogP contribution is 2.23. The predicted octanol–water partition coefficient (Wildman–Crippen LogP) is 4.53. The third-order valence-electron chi connectivity index (χ3n) is 4.52. The fourth-order valence-electron chi connectivity index (χ4n) is 3.15. The molecule has 0 unspecified atom stereocenters. The number of amides is 1. The summed E-state index contributed by atoms with van der Waals surface area (Å²) in [6.07, 6.45) is 3.39. The minimum atomic E-state index is -0.106. The molecule has 0 fully saturated rings. The number of hydrogen-bond donors (Lipinski definition) is 1. The number of halogens is 1. The molecule has 3 rings (SSSR count). The second-order valence-electron chi connectivity index (χ2n) is 6.18. The number of hydrogen-bond acceptors (Lipinski definition) is 2. The summed E-state index contributed by atoms with van der Waals surface area (Å²) in [6, 6.07) is 13.1. The molecule has 4 nitrogen and oxygen atoms in total. The number of carbonyl (C=O) groups is 1. The molecule has 0 saturated carbocycles. The fourth-order valence-corrected chi connectivity index (χ4v) is 3.50. The molecule has 1 heterocycles. The van der Waals surface area contributed by atoms with Gasteiger partial charge >= 0.3 is 0 Å². The molecule has 0 spiro atoms. The van der Waals surface area contributed by atoms with Crippen LogP contribution in [0.5, 0.6) is 0 Å². The Kier molecular flexibility index (Phi) is 5.57. The van der Waals surface area contributed by atoms with E-state index in [1.807, 2.05) is 30.3 Å². The number of carbonyl (C=O) groups excluding carboxylic acids is 1. The molecule has 0 bridgehead atoms. The minimum Gasteiger partial charge on any atom is -0.338 e. The molecule has 26 heavy (non-hydrogen) atoms. The number of fused-ring (bicyclic) bond motifs is 1. The van der Waals surface area contributed by atoms with Gasteiger partial charge in [0, 0.05) is 27.8 Å². The average Bonchev–Trinajstić information content (AvgIpc) is 2.64. The van der Waals surface area contributed by atoms with Crippen molar-refractivity contribution in [3.63, 3.8) is 0 Å². The summed E-state index contributed by atoms with van der Waals surface area (Å²) in [7, 11) is 0. The van der Waals surface area contributed by atoms with Crippen molar-refractivity contribution in [2.75, 3.05) is 5.32 Å². The molecule has 0 radical (unpaired) electrons. The van der Waals surface area contributed by atoms with E-state index in [0.717, 1.165) is 39.6 Å². The number of pyridine rings is 1. The lowest BCUT2D eigenvalue weighted by molar-refractivity contribution is -0.116. The van der Waals surface area contributed by atoms with Gasteiger partial charge in [0.2, 0.25) is 5.91 Å². The van der Waals surface area contributed by atoms with Crippen LogP contribution in [-0.2, 0) is 24.2 Å². The Morgan fingerprint density at radius 2 is 1.77 bits per heavy atom. The summed E-state index contributed by atoms with van der Waals surface area (Å²) in [4.78, 5) is 24.8. The number of anilines is 1. The zero-order chi connectivity index (χ0) is 18.7. The van der Waals surface area contributed by atoms with Gasteiger partial charge in [0.05, 0.1) is 5.52 Å². The van der Waals surface area contributed by atoms with Gasteiger partial charge < -0.3 is 9.88 Å². The van der Waals surface area contributed by atoms with Crippen LogP contribution in [0.3, 0.4) is 0 Å². The third-order valence-corrected chi connectivity index (χ3v) is 5.01. The van der Waals surface area contributed by atoms with Gasteiger partial charge in [-0.3, -0.25) is 9.59 Å². The van der Waals surface area contributed by atoms with Crippen LogP contribution in [0.25, 0.3) is 10.9 Å². The third kappa shape index (κ3) is 3.73. The van der Waals surface area contributed by atoms with E-state index >= 15 is 0 Å². The second-order valence-corrected chi connectivity index (χ2v) is 7.09. The minimum absolute atomic E-state index is 0.0474. The van der Waals surface area contributed by atoms with E-state index in [1.165, 1.54) is 6.07 Å². The van der Waals surface area contributed by atoms with Gasteiger partial charge in [-0.05, 0) is 42.2 Å². The number of aryl methyl sites for hydroxylation is 2. The Balaban J connectivity index is 1.93. The first-order valence-electron chi connectivity index (χ1n) is 8.72. The summed E-state index contributed by atoms with van der Waals surface area (Å²) in [5, 5.41) is 3.68. The molecule has 0 atom stereocenters. The van der Waals surface area contributed by atoms with Crippen LogP contribution in [-0.4, -0.2) is 10.5 Å². The highest BCUT2D eigenvalue weighted by atomic mass is 79.9. The maximum atomic E-state index is 12.7. The van der Waals surface area contributed by atoms with E-state index in [1.54, 1.807) is 16.8 Å². The lowest BCUT2D eigenvalue weighted by Crippen LogP contribution is -2.21. The molecule has 0 saturated heterocycles. The predicted molar refractivity (Wildman–Crippen MR) is 110 cm³/mol. The van der Waals surface area contributed by atoms with Crippen LogP contribution in [0.1, 0.15) is 25.0 Å². The molecular formula is C21H21BrN2O2. The molecular weight excluding hydrogens is 392 g/mol. The van der Waals surface area contributed by atoms with E-state index < -0.39 is 0 Å². The zero-order valence-electron chi connectivity index (χ0n) is 14.9. The fraction of sp³-hybridized carbons (Fsp3) is 0.238. The summed E-state index contributed by atoms with van der Waals surface area (Å²) in [5.74, 6) is -0.106. The SMILES string of the molecule is CCc1cccc(CC)c1NC(=O)Cn1ccc(=O)c2ccc(Br)cc21. The van der Waals surface area contributed by atoms with Crippen molar-refractivity contribution in [3.05, 3.63) is 74.5 Å². The standard InChI is InChI=1S/C21H21BrN2O2/c1-3-14-6-5-7-15(4-2)21(14)23-20(26)13-24-11-10-19(25)17-9-8-16(22)12-18(17)24/h5-12H,3-4,13H2,1-2H3,(H,23,26). The van der Waals surface area contributed by atoms with Gasteiger partial charge in [-0.2, -0.15) is 0 Å². The second kappa shape index (κ2) is 7.87. The Bertz CT molecular complexity index is 1000. The van der Waals surface area contributed by atoms with Crippen molar-refractivity contribution >= 4 is 38.4 Å². The average molecular weight is 413 g/mol. The van der Waals surface area contributed by atoms with E-state index in [-0.39, 0.29) is 17.9 Å². The van der Waals surface area contributed by atoms with E-state index in [9.17, 15) is 9.59 Å². The Morgan fingerprint density at radius 1 is 1.08 bits per heavy atom. The maximum absolute atomic E-state index is 12.7. The molecule has 1 N–H and O–H groups in total. The molecule has 134 valence electrons. The number of benzene rings is 2. The number of nitrogens with zero attached hydrogens (tertiary/aromatic N) is 1. The van der Waals surface area contributed by atoms with Crippen LogP contribution in [0.15, 0.2) is 57.9 Å². The number of rotatable bonds is 5. The van der Waals surface area contributed by atoms with Crippen LogP contribution in [0, 0.1) is 0 Å². The number of nitrogens with one attached hydrogen (secondary N) is 1. The van der Waals surface area contributed by atoms with Crippen molar-refractivity contribution in [1.29, 1.82) is 0 Å². The smallest absolute Gasteiger partial charge is 0.244 e. The van der Waals surface area contributed by atoms with Crippen LogP contribution in [0.2, 0.25) is 0 Å². The molecule has 1 aromatic heterocycles. The van der Waals surface area contributed by atoms with E-state index in [2.05, 4.69) is 35.1 Å². The summed E-state index contributed by atoms with van der Waals surface area (Å²) < 4.78 is 2.67. The molecule has 5 heteroatoms. The first-order valence-corrected chi connectivity index (χ1v) is 9.52. The first-order chi connectivity index (χ1) is 12.5. The van der Waals surface area contributed by atoms with Crippen molar-refractivity contribution < 1.29 is 4.79 Å². The molecule has 0 aliphatic heterocycles. The normalized spacial score (nSPS) is 10.9. The lowest BCUT2D eigenvalue weighted by Gasteiger charge is -2.16. The van der Waals surface area contributed by atoms with Crippen molar-refractivity contribution in [3.8, 4) is 0 Å². The molecule has 1 amide bonds. The molecule has 0 aliphatic rings. The van der Waals surface area contributed by atoms with E-state index in [0.29, 0.717) is 5.39 Å². The number of aromatic nitrogens is 1. The summed E-state index contributed by atoms with van der Waals surface area (Å²) in [6.45, 7) is 4.31. The van der Waals surface area contributed by atoms with Crippen LogP contribution >= 0.6 is 15.9 Å². The Morgan fingerprint density at radius 3 is 2.42 bits per heavy atom. The van der Waals surface area contributed by atoms with Gasteiger partial charge in [-0.15, -0.1) is 0 Å². The highest BCUT2D eigenvalue weighted by molar-refractivity contribution is 9.10. The van der Waals surface area contributed by atoms with Gasteiger partial charge in [0.25, 0.3) is 0 Å². The Hall–Kier alpha value is -2.40. The van der Waals surface area contributed by atoms with E-state index in [4.69, 9.17) is 0 Å². The summed E-state index contributed by atoms with van der Waals surface area (Å²) >= 11 is 3.43. The summed E-state index contributed by atoms with van der Waals surface area (Å²) in [5.41, 5.74) is 3.86. The van der Waals surface area contributed by atoms with Crippen molar-refractivity contribution in [2.45, 2.75) is 33.2 Å². The molecule has 0 aliphatic carbocycles. The van der Waals surface area contributed by atoms with Crippen LogP contribution < -0.4 is 10.7 Å².